The lowest BCUT2D eigenvalue weighted by atomic mass is 10.0. The molecule has 1 aliphatic rings. The van der Waals surface area contributed by atoms with E-state index in [0.29, 0.717) is 30.8 Å². The van der Waals surface area contributed by atoms with Crippen molar-refractivity contribution in [3.8, 4) is 17.3 Å². The van der Waals surface area contributed by atoms with Crippen LogP contribution in [0.1, 0.15) is 41.4 Å². The number of nitrogens with two attached hydrogens (primary N) is 1. The average Bonchev–Trinajstić information content (AvgIpc) is 3.66. The molecular weight excluding hydrogens is 609 g/mol. The van der Waals surface area contributed by atoms with Gasteiger partial charge in [0.25, 0.3) is 12.4 Å². The second-order valence-corrected chi connectivity index (χ2v) is 10.2. The largest absolute Gasteiger partial charge is 0.483 e. The number of alkyl halides is 3. The number of rotatable bonds is 8. The fourth-order valence-electron chi connectivity index (χ4n) is 5.01. The van der Waals surface area contributed by atoms with Gasteiger partial charge in [-0.05, 0) is 43.0 Å². The van der Waals surface area contributed by atoms with Crippen molar-refractivity contribution in [1.82, 2.24) is 34.4 Å². The van der Waals surface area contributed by atoms with Gasteiger partial charge in [0.05, 0.1) is 30.1 Å². The Hall–Kier alpha value is -5.50. The number of nitrogens with zero attached hydrogens (tertiary/aromatic N) is 7. The SMILES string of the molecule is CCc1cc(Nc2nccn3c(-c4cn(CC#N)nc4C(F)(F)F)cnc23)ccc1C(=O)NCC(=O)N1CCC(N)CC1.O=CO. The molecule has 2 amide bonds. The van der Waals surface area contributed by atoms with E-state index < -0.39 is 11.9 Å². The molecule has 0 radical (unpaired) electrons. The van der Waals surface area contributed by atoms with Crippen LogP contribution in [0.15, 0.2) is 43.0 Å². The third-order valence-electron chi connectivity index (χ3n) is 7.25. The number of carboxylic acid groups (broad SMARTS) is 1. The lowest BCUT2D eigenvalue weighted by Gasteiger charge is -2.30. The minimum Gasteiger partial charge on any atom is -0.483 e. The van der Waals surface area contributed by atoms with Gasteiger partial charge in [0.1, 0.15) is 6.54 Å². The predicted molar refractivity (Wildman–Crippen MR) is 159 cm³/mol. The number of anilines is 2. The summed E-state index contributed by atoms with van der Waals surface area (Å²) < 4.78 is 43.6. The number of imidazole rings is 1. The Bertz CT molecular complexity index is 1750. The zero-order valence-corrected chi connectivity index (χ0v) is 24.7. The molecule has 0 spiro atoms. The van der Waals surface area contributed by atoms with Gasteiger partial charge in [-0.1, -0.05) is 6.92 Å². The van der Waals surface area contributed by atoms with Crippen LogP contribution in [0.2, 0.25) is 0 Å². The van der Waals surface area contributed by atoms with Crippen molar-refractivity contribution in [2.75, 3.05) is 25.0 Å². The van der Waals surface area contributed by atoms with Crippen molar-refractivity contribution >= 4 is 35.4 Å². The number of carbonyl (C=O) groups is 3. The summed E-state index contributed by atoms with van der Waals surface area (Å²) in [5.41, 5.74) is 6.65. The van der Waals surface area contributed by atoms with Crippen molar-refractivity contribution < 1.29 is 32.7 Å². The lowest BCUT2D eigenvalue weighted by Crippen LogP contribution is -2.46. The quantitative estimate of drug-likeness (QED) is 0.208. The summed E-state index contributed by atoms with van der Waals surface area (Å²) in [5, 5.41) is 25.2. The van der Waals surface area contributed by atoms with E-state index in [9.17, 15) is 22.8 Å². The van der Waals surface area contributed by atoms with E-state index in [2.05, 4.69) is 25.7 Å². The third kappa shape index (κ3) is 7.58. The molecule has 1 aromatic carbocycles. The fraction of sp³-hybridized carbons (Fsp3) is 0.345. The Balaban J connectivity index is 0.00000154. The number of nitrogens with one attached hydrogen (secondary N) is 2. The first-order chi connectivity index (χ1) is 22.0. The van der Waals surface area contributed by atoms with Crippen LogP contribution in [0.25, 0.3) is 16.9 Å². The van der Waals surface area contributed by atoms with Crippen LogP contribution >= 0.6 is 0 Å². The van der Waals surface area contributed by atoms with E-state index in [1.165, 1.54) is 23.0 Å². The van der Waals surface area contributed by atoms with Gasteiger partial charge in [0.15, 0.2) is 17.2 Å². The zero-order chi connectivity index (χ0) is 33.4. The van der Waals surface area contributed by atoms with Crippen molar-refractivity contribution in [3.05, 3.63) is 59.8 Å². The van der Waals surface area contributed by atoms with Crippen LogP contribution in [0, 0.1) is 11.3 Å². The molecule has 0 bridgehead atoms. The van der Waals surface area contributed by atoms with Crippen LogP contribution in [0.5, 0.6) is 0 Å². The average molecular weight is 641 g/mol. The van der Waals surface area contributed by atoms with Gasteiger partial charge >= 0.3 is 6.18 Å². The van der Waals surface area contributed by atoms with Crippen LogP contribution in [-0.2, 0) is 28.7 Å². The molecule has 4 aromatic rings. The van der Waals surface area contributed by atoms with E-state index in [1.54, 1.807) is 29.2 Å². The van der Waals surface area contributed by atoms with E-state index >= 15 is 0 Å². The predicted octanol–water partition coefficient (Wildman–Crippen LogP) is 2.82. The Morgan fingerprint density at radius 1 is 1.24 bits per heavy atom. The minimum atomic E-state index is -4.74. The number of hydrogen-bond donors (Lipinski definition) is 4. The topological polar surface area (TPSA) is 197 Å². The highest BCUT2D eigenvalue weighted by molar-refractivity contribution is 5.98. The Morgan fingerprint density at radius 2 is 1.96 bits per heavy atom. The zero-order valence-electron chi connectivity index (χ0n) is 24.7. The number of likely N-dealkylation sites (tertiary alicyclic amines) is 1. The summed E-state index contributed by atoms with van der Waals surface area (Å²) in [5.74, 6) is -0.256. The highest BCUT2D eigenvalue weighted by Crippen LogP contribution is 2.37. The summed E-state index contributed by atoms with van der Waals surface area (Å²) in [6.07, 6.45) is 2.60. The van der Waals surface area contributed by atoms with Crippen molar-refractivity contribution in [3.63, 3.8) is 0 Å². The summed E-state index contributed by atoms with van der Waals surface area (Å²) in [4.78, 5) is 44.1. The number of benzene rings is 1. The van der Waals surface area contributed by atoms with Crippen molar-refractivity contribution in [2.45, 2.75) is 44.9 Å². The number of halogens is 3. The van der Waals surface area contributed by atoms with Gasteiger partial charge < -0.3 is 26.4 Å². The summed E-state index contributed by atoms with van der Waals surface area (Å²) in [6.45, 7) is 2.33. The van der Waals surface area contributed by atoms with Crippen LogP contribution in [0.3, 0.4) is 0 Å². The number of aryl methyl sites for hydroxylation is 1. The maximum Gasteiger partial charge on any atom is 0.435 e. The maximum atomic E-state index is 13.7. The lowest BCUT2D eigenvalue weighted by molar-refractivity contribution is -0.141. The second kappa shape index (κ2) is 14.5. The van der Waals surface area contributed by atoms with E-state index in [4.69, 9.17) is 20.9 Å². The molecule has 5 rings (SSSR count). The Morgan fingerprint density at radius 3 is 2.61 bits per heavy atom. The number of carbonyl (C=O) groups excluding carboxylic acids is 2. The van der Waals surface area contributed by atoms with Crippen LogP contribution < -0.4 is 16.4 Å². The molecule has 0 atom stereocenters. The molecule has 4 heterocycles. The molecule has 242 valence electrons. The number of amides is 2. The van der Waals surface area contributed by atoms with Crippen molar-refractivity contribution in [2.24, 2.45) is 5.73 Å². The Labute approximate surface area is 260 Å². The Kier molecular flexibility index (Phi) is 10.5. The smallest absolute Gasteiger partial charge is 0.435 e. The first kappa shape index (κ1) is 33.4. The second-order valence-electron chi connectivity index (χ2n) is 10.2. The molecule has 0 saturated carbocycles. The normalized spacial score (nSPS) is 13.4. The first-order valence-corrected chi connectivity index (χ1v) is 14.1. The van der Waals surface area contributed by atoms with Crippen LogP contribution in [0.4, 0.5) is 24.7 Å². The molecule has 46 heavy (non-hydrogen) atoms. The highest BCUT2D eigenvalue weighted by Gasteiger charge is 2.38. The summed E-state index contributed by atoms with van der Waals surface area (Å²) in [6, 6.07) is 6.96. The minimum absolute atomic E-state index is 0.0955. The number of nitriles is 1. The fourth-order valence-corrected chi connectivity index (χ4v) is 5.01. The molecular formula is C29H31F3N10O4. The molecule has 1 saturated heterocycles. The molecule has 14 nitrogen and oxygen atoms in total. The maximum absolute atomic E-state index is 13.7. The number of piperidine rings is 1. The van der Waals surface area contributed by atoms with E-state index in [1.807, 2.05) is 6.92 Å². The molecule has 17 heteroatoms. The van der Waals surface area contributed by atoms with Gasteiger partial charge in [-0.25, -0.2) is 9.97 Å². The van der Waals surface area contributed by atoms with Gasteiger partial charge in [-0.3, -0.25) is 23.5 Å². The summed E-state index contributed by atoms with van der Waals surface area (Å²) >= 11 is 0. The number of aromatic nitrogens is 5. The third-order valence-corrected chi connectivity index (χ3v) is 7.25. The van der Waals surface area contributed by atoms with Gasteiger partial charge in [-0.15, -0.1) is 0 Å². The molecule has 0 unspecified atom stereocenters. The van der Waals surface area contributed by atoms with Crippen molar-refractivity contribution in [1.29, 1.82) is 5.26 Å². The van der Waals surface area contributed by atoms with Gasteiger partial charge in [0, 0.05) is 49.0 Å². The molecule has 3 aromatic heterocycles. The summed E-state index contributed by atoms with van der Waals surface area (Å²) in [7, 11) is 0. The first-order valence-electron chi connectivity index (χ1n) is 14.1. The molecule has 1 aliphatic heterocycles. The van der Waals surface area contributed by atoms with E-state index in [-0.39, 0.29) is 60.1 Å². The van der Waals surface area contributed by atoms with Gasteiger partial charge in [-0.2, -0.15) is 23.5 Å². The number of fused-ring (bicyclic) bond motifs is 1. The highest BCUT2D eigenvalue weighted by atomic mass is 19.4. The monoisotopic (exact) mass is 640 g/mol. The van der Waals surface area contributed by atoms with Crippen LogP contribution in [-0.4, -0.2) is 78.1 Å². The van der Waals surface area contributed by atoms with E-state index in [0.717, 1.165) is 29.3 Å². The van der Waals surface area contributed by atoms with Gasteiger partial charge in [0.2, 0.25) is 5.91 Å². The number of hydrogen-bond acceptors (Lipinski definition) is 9. The molecule has 5 N–H and O–H groups in total. The molecule has 0 aliphatic carbocycles. The standard InChI is InChI=1S/C28H29F3N10O2.CH2O2/c1-2-17-13-19(3-4-20(17)27(43)36-15-23(42)39-9-5-18(33)6-10-39)37-25-26-35-14-22(41(26)12-8-34-25)21-16-40(11-7-32)38-24(21)28(29,30)31;2-1-3/h3-4,8,12-14,16,18H,2,5-6,9-11,15,33H2,1H3,(H,34,37)(H,36,43);1H,(H,2,3). The molecule has 1 fully saturated rings.